The van der Waals surface area contributed by atoms with E-state index >= 15 is 0 Å². The van der Waals surface area contributed by atoms with Crippen LogP contribution < -0.4 is 5.32 Å². The van der Waals surface area contributed by atoms with Gasteiger partial charge in [0.25, 0.3) is 0 Å². The first kappa shape index (κ1) is 23.3. The highest BCUT2D eigenvalue weighted by Crippen LogP contribution is 2.16. The third kappa shape index (κ3) is 11.0. The molecule has 0 saturated carbocycles. The van der Waals surface area contributed by atoms with Gasteiger partial charge in [-0.1, -0.05) is 75.3 Å². The van der Waals surface area contributed by atoms with Crippen LogP contribution in [0.15, 0.2) is 54.6 Å². The number of benzene rings is 2. The summed E-state index contributed by atoms with van der Waals surface area (Å²) in [4.78, 5) is 10.8. The van der Waals surface area contributed by atoms with Crippen LogP contribution in [0.3, 0.4) is 0 Å². The molecule has 2 aromatic carbocycles. The molecule has 0 fully saturated rings. The van der Waals surface area contributed by atoms with Gasteiger partial charge in [0.1, 0.15) is 0 Å². The van der Waals surface area contributed by atoms with E-state index in [0.717, 1.165) is 18.0 Å². The zero-order chi connectivity index (χ0) is 20.6. The fourth-order valence-electron chi connectivity index (χ4n) is 3.29. The van der Waals surface area contributed by atoms with E-state index in [9.17, 15) is 4.79 Å². The second-order valence-electron chi connectivity index (χ2n) is 7.53. The van der Waals surface area contributed by atoms with Crippen LogP contribution in [0.25, 0.3) is 0 Å². The SMILES string of the molecule is O=C(O)c1ccc(NCCCCCCCCCCCSCc2ccccc2)cc1. The van der Waals surface area contributed by atoms with Crippen LogP contribution in [-0.2, 0) is 5.75 Å². The largest absolute Gasteiger partial charge is 0.478 e. The van der Waals surface area contributed by atoms with Crippen molar-refractivity contribution >= 4 is 23.4 Å². The van der Waals surface area contributed by atoms with Gasteiger partial charge in [-0.15, -0.1) is 0 Å². The molecule has 0 aromatic heterocycles. The number of aromatic carboxylic acids is 1. The molecule has 4 heteroatoms. The fraction of sp³-hybridized carbons (Fsp3) is 0.480. The van der Waals surface area contributed by atoms with E-state index in [-0.39, 0.29) is 0 Å². The molecule has 0 aliphatic rings. The quantitative estimate of drug-likeness (QED) is 0.285. The van der Waals surface area contributed by atoms with Crippen molar-refractivity contribution in [1.29, 1.82) is 0 Å². The predicted octanol–water partition coefficient (Wildman–Crippen LogP) is 7.24. The summed E-state index contributed by atoms with van der Waals surface area (Å²) in [5.74, 6) is 1.54. The normalized spacial score (nSPS) is 10.8. The zero-order valence-corrected chi connectivity index (χ0v) is 18.3. The van der Waals surface area contributed by atoms with Gasteiger partial charge in [-0.3, -0.25) is 0 Å². The molecule has 29 heavy (non-hydrogen) atoms. The van der Waals surface area contributed by atoms with Crippen LogP contribution in [0.2, 0.25) is 0 Å². The molecule has 3 nitrogen and oxygen atoms in total. The number of hydrogen-bond donors (Lipinski definition) is 2. The maximum Gasteiger partial charge on any atom is 0.335 e. The molecular weight excluding hydrogens is 378 g/mol. The lowest BCUT2D eigenvalue weighted by Crippen LogP contribution is -2.02. The Bertz CT molecular complexity index is 673. The van der Waals surface area contributed by atoms with Crippen molar-refractivity contribution < 1.29 is 9.90 Å². The average Bonchev–Trinajstić information content (AvgIpc) is 2.75. The van der Waals surface area contributed by atoms with Crippen molar-refractivity contribution in [3.63, 3.8) is 0 Å². The Kier molecular flexibility index (Phi) is 12.1. The number of carboxylic acid groups (broad SMARTS) is 1. The Morgan fingerprint density at radius 3 is 1.97 bits per heavy atom. The highest BCUT2D eigenvalue weighted by molar-refractivity contribution is 7.98. The molecule has 0 amide bonds. The number of hydrogen-bond acceptors (Lipinski definition) is 3. The standard InChI is InChI=1S/C25H35NO2S/c27-25(28)23-15-17-24(18-16-23)26-19-11-6-4-2-1-3-5-7-12-20-29-21-22-13-9-8-10-14-22/h8-10,13-18,26H,1-7,11-12,19-21H2,(H,27,28). The summed E-state index contributed by atoms with van der Waals surface area (Å²) in [5, 5.41) is 12.3. The van der Waals surface area contributed by atoms with Gasteiger partial charge in [-0.05, 0) is 48.4 Å². The van der Waals surface area contributed by atoms with Crippen molar-refractivity contribution in [1.82, 2.24) is 0 Å². The second-order valence-corrected chi connectivity index (χ2v) is 8.63. The van der Waals surface area contributed by atoms with Crippen molar-refractivity contribution in [2.75, 3.05) is 17.6 Å². The van der Waals surface area contributed by atoms with E-state index in [2.05, 4.69) is 47.4 Å². The predicted molar refractivity (Wildman–Crippen MR) is 126 cm³/mol. The van der Waals surface area contributed by atoms with Crippen molar-refractivity contribution in [2.45, 2.75) is 63.5 Å². The van der Waals surface area contributed by atoms with Crippen LogP contribution in [0.5, 0.6) is 0 Å². The summed E-state index contributed by atoms with van der Waals surface area (Å²) in [6, 6.07) is 17.7. The summed E-state index contributed by atoms with van der Waals surface area (Å²) in [5.41, 5.74) is 2.77. The molecule has 0 aliphatic heterocycles. The molecule has 2 rings (SSSR count). The molecule has 0 unspecified atom stereocenters. The highest BCUT2D eigenvalue weighted by atomic mass is 32.2. The lowest BCUT2D eigenvalue weighted by molar-refractivity contribution is 0.0697. The van der Waals surface area contributed by atoms with Gasteiger partial charge in [0, 0.05) is 18.0 Å². The molecular formula is C25H35NO2S. The molecule has 0 atom stereocenters. The third-order valence-electron chi connectivity index (χ3n) is 5.04. The van der Waals surface area contributed by atoms with E-state index < -0.39 is 5.97 Å². The maximum atomic E-state index is 10.8. The molecule has 0 heterocycles. The molecule has 2 N–H and O–H groups in total. The van der Waals surface area contributed by atoms with Crippen molar-refractivity contribution in [2.24, 2.45) is 0 Å². The van der Waals surface area contributed by atoms with Gasteiger partial charge >= 0.3 is 5.97 Å². The van der Waals surface area contributed by atoms with Gasteiger partial charge in [0.05, 0.1) is 5.56 Å². The first-order valence-corrected chi connectivity index (χ1v) is 12.1. The summed E-state index contributed by atoms with van der Waals surface area (Å²) < 4.78 is 0. The second kappa shape index (κ2) is 15.0. The van der Waals surface area contributed by atoms with Gasteiger partial charge in [0.15, 0.2) is 0 Å². The highest BCUT2D eigenvalue weighted by Gasteiger charge is 2.01. The Labute approximate surface area is 180 Å². The van der Waals surface area contributed by atoms with Crippen LogP contribution in [0.4, 0.5) is 5.69 Å². The molecule has 158 valence electrons. The fourth-order valence-corrected chi connectivity index (χ4v) is 4.27. The minimum atomic E-state index is -0.876. The van der Waals surface area contributed by atoms with Crippen LogP contribution in [0, 0.1) is 0 Å². The van der Waals surface area contributed by atoms with E-state index in [1.165, 1.54) is 69.1 Å². The Morgan fingerprint density at radius 2 is 1.34 bits per heavy atom. The molecule has 0 aliphatic carbocycles. The smallest absolute Gasteiger partial charge is 0.335 e. The Morgan fingerprint density at radius 1 is 0.759 bits per heavy atom. The number of thioether (sulfide) groups is 1. The van der Waals surface area contributed by atoms with Gasteiger partial charge in [-0.25, -0.2) is 4.79 Å². The lowest BCUT2D eigenvalue weighted by Gasteiger charge is -2.07. The number of nitrogens with one attached hydrogen (secondary N) is 1. The summed E-state index contributed by atoms with van der Waals surface area (Å²) in [6.07, 6.45) is 11.9. The number of carbonyl (C=O) groups is 1. The lowest BCUT2D eigenvalue weighted by atomic mass is 10.1. The van der Waals surface area contributed by atoms with Gasteiger partial charge in [0.2, 0.25) is 0 Å². The molecule has 0 radical (unpaired) electrons. The van der Waals surface area contributed by atoms with Crippen molar-refractivity contribution in [3.05, 3.63) is 65.7 Å². The van der Waals surface area contributed by atoms with Crippen molar-refractivity contribution in [3.8, 4) is 0 Å². The number of unbranched alkanes of at least 4 members (excludes halogenated alkanes) is 8. The molecule has 0 bridgehead atoms. The maximum absolute atomic E-state index is 10.8. The van der Waals surface area contributed by atoms with Gasteiger partial charge < -0.3 is 10.4 Å². The number of rotatable bonds is 16. The van der Waals surface area contributed by atoms with Crippen LogP contribution in [-0.4, -0.2) is 23.4 Å². The number of anilines is 1. The van der Waals surface area contributed by atoms with Gasteiger partial charge in [-0.2, -0.15) is 11.8 Å². The third-order valence-corrected chi connectivity index (χ3v) is 6.15. The van der Waals surface area contributed by atoms with E-state index in [1.807, 2.05) is 12.1 Å². The average molecular weight is 414 g/mol. The van der Waals surface area contributed by atoms with E-state index in [4.69, 9.17) is 5.11 Å². The van der Waals surface area contributed by atoms with Crippen LogP contribution >= 0.6 is 11.8 Å². The monoisotopic (exact) mass is 413 g/mol. The summed E-state index contributed by atoms with van der Waals surface area (Å²) >= 11 is 2.05. The summed E-state index contributed by atoms with van der Waals surface area (Å²) in [6.45, 7) is 0.951. The minimum absolute atomic E-state index is 0.335. The Hall–Kier alpha value is -1.94. The topological polar surface area (TPSA) is 49.3 Å². The minimum Gasteiger partial charge on any atom is -0.478 e. The summed E-state index contributed by atoms with van der Waals surface area (Å²) in [7, 11) is 0. The van der Waals surface area contributed by atoms with E-state index in [0.29, 0.717) is 5.56 Å². The first-order valence-electron chi connectivity index (χ1n) is 10.9. The molecule has 0 saturated heterocycles. The Balaban J connectivity index is 1.32. The van der Waals surface area contributed by atoms with Crippen LogP contribution in [0.1, 0.15) is 73.7 Å². The zero-order valence-electron chi connectivity index (χ0n) is 17.4. The van der Waals surface area contributed by atoms with E-state index in [1.54, 1.807) is 12.1 Å². The molecule has 0 spiro atoms. The first-order chi connectivity index (χ1) is 14.3. The number of carboxylic acids is 1. The molecule has 2 aromatic rings.